The summed E-state index contributed by atoms with van der Waals surface area (Å²) in [7, 11) is 0. The molecule has 2 saturated heterocycles. The van der Waals surface area contributed by atoms with Gasteiger partial charge in [-0.25, -0.2) is 0 Å². The van der Waals surface area contributed by atoms with Crippen LogP contribution in [0.5, 0.6) is 0 Å². The Bertz CT molecular complexity index is 678. The summed E-state index contributed by atoms with van der Waals surface area (Å²) < 4.78 is 12.0. The SMILES string of the molecule is CCOC(=O)[C@@]12CC[C@@H](N3CCOCC3)C[C@H]1CCN(Cc1ccc(Cl)s1)C2. The summed E-state index contributed by atoms with van der Waals surface area (Å²) in [5.74, 6) is 0.436. The molecule has 0 amide bonds. The number of thiophene rings is 1. The molecule has 2 aliphatic heterocycles. The van der Waals surface area contributed by atoms with Gasteiger partial charge in [-0.15, -0.1) is 11.3 Å². The second kappa shape index (κ2) is 9.00. The van der Waals surface area contributed by atoms with Crippen molar-refractivity contribution in [3.8, 4) is 0 Å². The molecule has 0 radical (unpaired) electrons. The van der Waals surface area contributed by atoms with Crippen LogP contribution in [0.15, 0.2) is 12.1 Å². The summed E-state index contributed by atoms with van der Waals surface area (Å²) in [5, 5.41) is 0. The van der Waals surface area contributed by atoms with Gasteiger partial charge in [0.25, 0.3) is 0 Å². The Morgan fingerprint density at radius 1 is 1.32 bits per heavy atom. The van der Waals surface area contributed by atoms with Gasteiger partial charge in [-0.2, -0.15) is 0 Å². The number of likely N-dealkylation sites (tertiary alicyclic amines) is 1. The van der Waals surface area contributed by atoms with Gasteiger partial charge in [0.2, 0.25) is 0 Å². The number of hydrogen-bond donors (Lipinski definition) is 0. The average Bonchev–Trinajstić information content (AvgIpc) is 3.13. The van der Waals surface area contributed by atoms with E-state index in [2.05, 4.69) is 15.9 Å². The fraction of sp³-hybridized carbons (Fsp3) is 0.762. The van der Waals surface area contributed by atoms with Crippen molar-refractivity contribution < 1.29 is 14.3 Å². The first kappa shape index (κ1) is 20.6. The molecule has 0 aromatic carbocycles. The predicted octanol–water partition coefficient (Wildman–Crippen LogP) is 3.66. The third-order valence-electron chi connectivity index (χ3n) is 6.81. The molecule has 0 unspecified atom stereocenters. The summed E-state index contributed by atoms with van der Waals surface area (Å²) >= 11 is 7.75. The maximum atomic E-state index is 13.1. The minimum Gasteiger partial charge on any atom is -0.466 e. The lowest BCUT2D eigenvalue weighted by Crippen LogP contribution is -2.58. The van der Waals surface area contributed by atoms with E-state index in [9.17, 15) is 4.79 Å². The molecule has 156 valence electrons. The van der Waals surface area contributed by atoms with Crippen molar-refractivity contribution in [2.24, 2.45) is 11.3 Å². The van der Waals surface area contributed by atoms with Gasteiger partial charge in [0, 0.05) is 37.1 Å². The van der Waals surface area contributed by atoms with E-state index < -0.39 is 0 Å². The van der Waals surface area contributed by atoms with Crippen LogP contribution in [0.2, 0.25) is 4.34 Å². The first-order chi connectivity index (χ1) is 13.6. The first-order valence-electron chi connectivity index (χ1n) is 10.6. The van der Waals surface area contributed by atoms with Crippen LogP contribution in [0.1, 0.15) is 37.5 Å². The van der Waals surface area contributed by atoms with Gasteiger partial charge < -0.3 is 9.47 Å². The molecular formula is C21H31ClN2O3S. The molecule has 5 nitrogen and oxygen atoms in total. The Kier molecular flexibility index (Phi) is 6.63. The van der Waals surface area contributed by atoms with E-state index >= 15 is 0 Å². The van der Waals surface area contributed by atoms with Crippen LogP contribution in [-0.4, -0.2) is 67.8 Å². The Morgan fingerprint density at radius 3 is 2.86 bits per heavy atom. The number of hydrogen-bond acceptors (Lipinski definition) is 6. The minimum atomic E-state index is -0.349. The molecule has 1 aromatic rings. The van der Waals surface area contributed by atoms with E-state index in [-0.39, 0.29) is 11.4 Å². The molecule has 1 saturated carbocycles. The van der Waals surface area contributed by atoms with Crippen LogP contribution in [-0.2, 0) is 20.8 Å². The molecule has 3 fully saturated rings. The summed E-state index contributed by atoms with van der Waals surface area (Å²) in [6.07, 6.45) is 4.18. The zero-order valence-corrected chi connectivity index (χ0v) is 18.3. The van der Waals surface area contributed by atoms with Crippen LogP contribution >= 0.6 is 22.9 Å². The van der Waals surface area contributed by atoms with Crippen molar-refractivity contribution in [1.82, 2.24) is 9.80 Å². The molecular weight excluding hydrogens is 396 g/mol. The van der Waals surface area contributed by atoms with Gasteiger partial charge in [0.1, 0.15) is 0 Å². The van der Waals surface area contributed by atoms with Crippen LogP contribution < -0.4 is 0 Å². The number of carbonyl (C=O) groups excluding carboxylic acids is 1. The van der Waals surface area contributed by atoms with E-state index in [1.54, 1.807) is 11.3 Å². The fourth-order valence-electron chi connectivity index (χ4n) is 5.39. The summed E-state index contributed by atoms with van der Waals surface area (Å²) in [6.45, 7) is 8.81. The molecule has 28 heavy (non-hydrogen) atoms. The Labute approximate surface area is 176 Å². The summed E-state index contributed by atoms with van der Waals surface area (Å²) in [5.41, 5.74) is -0.349. The Hall–Kier alpha value is -0.660. The third-order valence-corrected chi connectivity index (χ3v) is 8.03. The van der Waals surface area contributed by atoms with Crippen molar-refractivity contribution in [2.75, 3.05) is 46.0 Å². The van der Waals surface area contributed by atoms with Gasteiger partial charge >= 0.3 is 5.97 Å². The average molecular weight is 427 g/mol. The molecule has 1 aliphatic carbocycles. The van der Waals surface area contributed by atoms with Crippen molar-refractivity contribution in [1.29, 1.82) is 0 Å². The number of esters is 1. The highest BCUT2D eigenvalue weighted by atomic mass is 35.5. The Balaban J connectivity index is 1.48. The van der Waals surface area contributed by atoms with E-state index in [0.717, 1.165) is 76.0 Å². The lowest BCUT2D eigenvalue weighted by molar-refractivity contribution is -0.170. The fourth-order valence-corrected chi connectivity index (χ4v) is 6.52. The van der Waals surface area contributed by atoms with Gasteiger partial charge in [-0.3, -0.25) is 14.6 Å². The minimum absolute atomic E-state index is 0.0225. The Morgan fingerprint density at radius 2 is 2.14 bits per heavy atom. The van der Waals surface area contributed by atoms with Gasteiger partial charge in [-0.05, 0) is 57.2 Å². The quantitative estimate of drug-likeness (QED) is 0.672. The third kappa shape index (κ3) is 4.26. The summed E-state index contributed by atoms with van der Waals surface area (Å²) in [6, 6.07) is 4.65. The number of ether oxygens (including phenoxy) is 2. The maximum absolute atomic E-state index is 13.1. The smallest absolute Gasteiger partial charge is 0.313 e. The molecule has 3 aliphatic rings. The van der Waals surface area contributed by atoms with Gasteiger partial charge in [-0.1, -0.05) is 11.6 Å². The molecule has 0 bridgehead atoms. The first-order valence-corrected chi connectivity index (χ1v) is 11.8. The number of nitrogens with zero attached hydrogens (tertiary/aromatic N) is 2. The number of carbonyl (C=O) groups is 1. The van der Waals surface area contributed by atoms with E-state index in [1.165, 1.54) is 4.88 Å². The van der Waals surface area contributed by atoms with E-state index in [0.29, 0.717) is 18.6 Å². The van der Waals surface area contributed by atoms with Gasteiger partial charge in [0.05, 0.1) is 29.6 Å². The second-order valence-electron chi connectivity index (χ2n) is 8.36. The van der Waals surface area contributed by atoms with Crippen molar-refractivity contribution in [2.45, 2.75) is 45.2 Å². The molecule has 4 rings (SSSR count). The number of piperidine rings is 1. The number of fused-ring (bicyclic) bond motifs is 1. The van der Waals surface area contributed by atoms with Crippen LogP contribution in [0.4, 0.5) is 0 Å². The number of rotatable bonds is 5. The lowest BCUT2D eigenvalue weighted by Gasteiger charge is -2.52. The number of halogens is 1. The van der Waals surface area contributed by atoms with Crippen molar-refractivity contribution in [3.05, 3.63) is 21.3 Å². The van der Waals surface area contributed by atoms with E-state index in [4.69, 9.17) is 21.1 Å². The van der Waals surface area contributed by atoms with Crippen LogP contribution in [0.25, 0.3) is 0 Å². The zero-order valence-electron chi connectivity index (χ0n) is 16.7. The van der Waals surface area contributed by atoms with Crippen LogP contribution in [0, 0.1) is 11.3 Å². The topological polar surface area (TPSA) is 42.0 Å². The maximum Gasteiger partial charge on any atom is 0.313 e. The van der Waals surface area contributed by atoms with Crippen LogP contribution in [0.3, 0.4) is 0 Å². The van der Waals surface area contributed by atoms with Gasteiger partial charge in [0.15, 0.2) is 0 Å². The molecule has 0 N–H and O–H groups in total. The monoisotopic (exact) mass is 426 g/mol. The molecule has 0 spiro atoms. The molecule has 3 atom stereocenters. The zero-order chi connectivity index (χ0) is 19.6. The van der Waals surface area contributed by atoms with Crippen molar-refractivity contribution in [3.63, 3.8) is 0 Å². The van der Waals surface area contributed by atoms with Crippen molar-refractivity contribution >= 4 is 28.9 Å². The number of morpholine rings is 1. The second-order valence-corrected chi connectivity index (χ2v) is 10.2. The molecule has 1 aromatic heterocycles. The highest BCUT2D eigenvalue weighted by Crippen LogP contribution is 2.48. The lowest BCUT2D eigenvalue weighted by atomic mass is 9.61. The highest BCUT2D eigenvalue weighted by molar-refractivity contribution is 7.16. The standard InChI is InChI=1S/C21H31ClN2O3S/c1-2-27-20(25)21-7-5-17(24-9-11-26-12-10-24)13-16(21)6-8-23(15-21)14-18-3-4-19(22)28-18/h3-4,16-17H,2,5-15H2,1H3/t16-,17-,21-/m1/s1. The molecule has 3 heterocycles. The predicted molar refractivity (Wildman–Crippen MR) is 112 cm³/mol. The molecule has 7 heteroatoms. The van der Waals surface area contributed by atoms with E-state index in [1.807, 2.05) is 13.0 Å². The highest BCUT2D eigenvalue weighted by Gasteiger charge is 2.53. The summed E-state index contributed by atoms with van der Waals surface area (Å²) in [4.78, 5) is 19.4. The largest absolute Gasteiger partial charge is 0.466 e. The normalized spacial score (nSPS) is 32.1.